The quantitative estimate of drug-likeness (QED) is 0.0205. The molecule has 0 spiro atoms. The minimum absolute atomic E-state index is 0.0333. The summed E-state index contributed by atoms with van der Waals surface area (Å²) in [5.74, 6) is -0.571. The van der Waals surface area contributed by atoms with Crippen LogP contribution in [0.4, 0.5) is 0 Å². The molecule has 2 N–H and O–H groups in total. The van der Waals surface area contributed by atoms with Crippen LogP contribution in [0, 0.1) is 0 Å². The van der Waals surface area contributed by atoms with E-state index in [2.05, 4.69) is 44.3 Å². The van der Waals surface area contributed by atoms with Crippen molar-refractivity contribution >= 4 is 19.7 Å². The number of amides is 1. The summed E-state index contributed by atoms with van der Waals surface area (Å²) >= 11 is 0. The maximum absolute atomic E-state index is 13.5. The first-order chi connectivity index (χ1) is 34.9. The number of unbranched alkanes of at least 4 members (excludes halogenated alkanes) is 36. The van der Waals surface area contributed by atoms with Gasteiger partial charge in [-0.15, -0.1) is 0 Å². The number of phosphoric acid groups is 1. The molecule has 0 radical (unpaired) electrons. The highest BCUT2D eigenvalue weighted by atomic mass is 31.2. The molecule has 0 aromatic rings. The van der Waals surface area contributed by atoms with Crippen molar-refractivity contribution in [1.82, 2.24) is 5.32 Å². The van der Waals surface area contributed by atoms with Crippen LogP contribution in [-0.2, 0) is 27.9 Å². The molecule has 0 saturated heterocycles. The van der Waals surface area contributed by atoms with Gasteiger partial charge in [0.05, 0.1) is 33.8 Å². The van der Waals surface area contributed by atoms with Crippen molar-refractivity contribution in [3.8, 4) is 0 Å². The summed E-state index contributed by atoms with van der Waals surface area (Å²) in [7, 11) is 1.48. The normalized spacial score (nSPS) is 13.9. The van der Waals surface area contributed by atoms with Gasteiger partial charge in [-0.25, -0.2) is 4.57 Å². The lowest BCUT2D eigenvalue weighted by molar-refractivity contribution is -0.870. The molecule has 72 heavy (non-hydrogen) atoms. The number of allylic oxidation sites excluding steroid dienone is 5. The van der Waals surface area contributed by atoms with E-state index in [0.717, 1.165) is 51.4 Å². The van der Waals surface area contributed by atoms with Crippen LogP contribution in [0.2, 0.25) is 0 Å². The van der Waals surface area contributed by atoms with Crippen LogP contribution >= 0.6 is 7.82 Å². The maximum atomic E-state index is 13.5. The highest BCUT2D eigenvalue weighted by Gasteiger charge is 2.30. The first-order valence-electron chi connectivity index (χ1n) is 30.8. The molecule has 0 aromatic heterocycles. The summed E-state index contributed by atoms with van der Waals surface area (Å²) in [5, 5.41) is 3.01. The van der Waals surface area contributed by atoms with E-state index in [1.807, 2.05) is 39.4 Å². The van der Waals surface area contributed by atoms with E-state index in [1.165, 1.54) is 205 Å². The van der Waals surface area contributed by atoms with Gasteiger partial charge in [-0.1, -0.05) is 269 Å². The van der Waals surface area contributed by atoms with Crippen LogP contribution < -0.4 is 5.32 Å². The molecular weight excluding hydrogens is 916 g/mol. The van der Waals surface area contributed by atoms with E-state index in [-0.39, 0.29) is 37.9 Å². The maximum Gasteiger partial charge on any atom is 0.472 e. The van der Waals surface area contributed by atoms with E-state index in [0.29, 0.717) is 17.4 Å². The molecule has 1 amide bonds. The average molecular weight is 1040 g/mol. The van der Waals surface area contributed by atoms with Gasteiger partial charge in [-0.05, 0) is 51.0 Å². The zero-order valence-electron chi connectivity index (χ0n) is 48.4. The monoisotopic (exact) mass is 1040 g/mol. The SMILES string of the molecule is CCCCCCCC/C=C\C/C=C/CCC(=O)NC(COP(=O)(O)OCC[N+](C)(C)C)C(/C=C\CCCCCCCCCCCC)OC(=O)CCCCCCCCCCCCCCCCCCCCCCC. The number of quaternary nitrogens is 1. The molecule has 9 nitrogen and oxygen atoms in total. The average Bonchev–Trinajstić information content (AvgIpc) is 3.34. The third-order valence-electron chi connectivity index (χ3n) is 13.8. The van der Waals surface area contributed by atoms with Gasteiger partial charge in [0.2, 0.25) is 5.91 Å². The van der Waals surface area contributed by atoms with Crippen molar-refractivity contribution in [3.05, 3.63) is 36.5 Å². The first kappa shape index (κ1) is 70.2. The summed E-state index contributed by atoms with van der Waals surface area (Å²) in [6.45, 7) is 6.99. The van der Waals surface area contributed by atoms with Gasteiger partial charge in [-0.3, -0.25) is 18.6 Å². The third kappa shape index (κ3) is 53.1. The molecule has 10 heteroatoms. The Balaban J connectivity index is 5.22. The number of esters is 1. The van der Waals surface area contributed by atoms with E-state index in [1.54, 1.807) is 0 Å². The Hall–Kier alpha value is -1.77. The number of carbonyl (C=O) groups excluding carboxylic acids is 2. The van der Waals surface area contributed by atoms with Gasteiger partial charge in [0.15, 0.2) is 0 Å². The Morgan fingerprint density at radius 1 is 0.486 bits per heavy atom. The summed E-state index contributed by atoms with van der Waals surface area (Å²) in [4.78, 5) is 37.6. The number of hydrogen-bond acceptors (Lipinski definition) is 6. The predicted octanol–water partition coefficient (Wildman–Crippen LogP) is 18.7. The molecule has 0 rings (SSSR count). The Morgan fingerprint density at radius 2 is 0.861 bits per heavy atom. The largest absolute Gasteiger partial charge is 0.472 e. The molecule has 0 aliphatic carbocycles. The van der Waals surface area contributed by atoms with Crippen molar-refractivity contribution in [2.24, 2.45) is 0 Å². The summed E-state index contributed by atoms with van der Waals surface area (Å²) < 4.78 is 30.6. The summed E-state index contributed by atoms with van der Waals surface area (Å²) in [5.41, 5.74) is 0. The fraction of sp³-hybridized carbons (Fsp3) is 0.871. The van der Waals surface area contributed by atoms with Crippen molar-refractivity contribution < 1.29 is 37.3 Å². The highest BCUT2D eigenvalue weighted by Crippen LogP contribution is 2.43. The Morgan fingerprint density at radius 3 is 1.28 bits per heavy atom. The third-order valence-corrected chi connectivity index (χ3v) is 14.8. The zero-order valence-corrected chi connectivity index (χ0v) is 49.3. The van der Waals surface area contributed by atoms with Gasteiger partial charge in [0.1, 0.15) is 19.3 Å². The number of hydrogen-bond donors (Lipinski definition) is 2. The number of rotatable bonds is 56. The van der Waals surface area contributed by atoms with E-state index in [9.17, 15) is 19.0 Å². The van der Waals surface area contributed by atoms with Crippen LogP contribution in [0.3, 0.4) is 0 Å². The summed E-state index contributed by atoms with van der Waals surface area (Å²) in [6, 6.07) is -0.874. The number of carbonyl (C=O) groups is 2. The standard InChI is InChI=1S/C62H119N2O7P/c1-7-10-13-16-19-22-25-28-29-30-31-32-33-34-35-37-40-43-46-49-52-55-62(66)71-60(53-50-47-44-41-38-27-24-21-18-15-12-9-3)59(58-70-72(67,68)69-57-56-64(4,5)6)63-61(65)54-51-48-45-42-39-36-26-23-20-17-14-11-8-2/h36,39,45,48,50,53,59-60H,7-35,37-38,40-44,46-47,49,51-52,54-58H2,1-6H3,(H-,63,65,67,68)/p+1/b39-36-,48-45+,53-50-. The molecular formula is C62H120N2O7P+. The van der Waals surface area contributed by atoms with E-state index in [4.69, 9.17) is 13.8 Å². The number of nitrogens with one attached hydrogen (secondary N) is 1. The minimum atomic E-state index is -4.45. The van der Waals surface area contributed by atoms with Crippen LogP contribution in [0.1, 0.15) is 297 Å². The fourth-order valence-corrected chi connectivity index (χ4v) is 9.79. The molecule has 0 heterocycles. The first-order valence-corrected chi connectivity index (χ1v) is 32.3. The second-order valence-electron chi connectivity index (χ2n) is 22.2. The topological polar surface area (TPSA) is 111 Å². The van der Waals surface area contributed by atoms with Crippen molar-refractivity contribution in [3.63, 3.8) is 0 Å². The zero-order chi connectivity index (χ0) is 52.9. The molecule has 0 bridgehead atoms. The molecule has 3 unspecified atom stereocenters. The highest BCUT2D eigenvalue weighted by molar-refractivity contribution is 7.47. The smallest absolute Gasteiger partial charge is 0.456 e. The second-order valence-corrected chi connectivity index (χ2v) is 23.7. The Kier molecular flexibility index (Phi) is 51.4. The Bertz CT molecular complexity index is 1330. The van der Waals surface area contributed by atoms with E-state index < -0.39 is 20.0 Å². The van der Waals surface area contributed by atoms with Gasteiger partial charge in [0.25, 0.3) is 0 Å². The fourth-order valence-electron chi connectivity index (χ4n) is 9.05. The lowest BCUT2D eigenvalue weighted by atomic mass is 10.0. The van der Waals surface area contributed by atoms with Crippen LogP contribution in [-0.4, -0.2) is 74.3 Å². The number of likely N-dealkylation sites (N-methyl/N-ethyl adjacent to an activating group) is 1. The summed E-state index contributed by atoms with van der Waals surface area (Å²) in [6.07, 6.45) is 63.1. The molecule has 0 fully saturated rings. The molecule has 0 aliphatic rings. The molecule has 424 valence electrons. The molecule has 3 atom stereocenters. The molecule has 0 aromatic carbocycles. The van der Waals surface area contributed by atoms with Gasteiger partial charge >= 0.3 is 13.8 Å². The van der Waals surface area contributed by atoms with Gasteiger partial charge in [0, 0.05) is 12.8 Å². The Labute approximate surface area is 446 Å². The number of nitrogens with zero attached hydrogens (tertiary/aromatic N) is 1. The van der Waals surface area contributed by atoms with Crippen LogP contribution in [0.5, 0.6) is 0 Å². The molecule has 0 aliphatic heterocycles. The lowest BCUT2D eigenvalue weighted by Crippen LogP contribution is -2.47. The van der Waals surface area contributed by atoms with Gasteiger partial charge < -0.3 is 19.4 Å². The lowest BCUT2D eigenvalue weighted by Gasteiger charge is -2.27. The second kappa shape index (κ2) is 52.7. The number of phosphoric ester groups is 1. The minimum Gasteiger partial charge on any atom is -0.456 e. The van der Waals surface area contributed by atoms with Gasteiger partial charge in [-0.2, -0.15) is 0 Å². The van der Waals surface area contributed by atoms with Crippen LogP contribution in [0.15, 0.2) is 36.5 Å². The van der Waals surface area contributed by atoms with Crippen LogP contribution in [0.25, 0.3) is 0 Å². The van der Waals surface area contributed by atoms with Crippen molar-refractivity contribution in [2.75, 3.05) is 40.9 Å². The number of ether oxygens (including phenoxy) is 1. The molecule has 0 saturated carbocycles. The van der Waals surface area contributed by atoms with Crippen molar-refractivity contribution in [1.29, 1.82) is 0 Å². The van der Waals surface area contributed by atoms with E-state index >= 15 is 0 Å². The van der Waals surface area contributed by atoms with Crippen molar-refractivity contribution in [2.45, 2.75) is 309 Å². The predicted molar refractivity (Wildman–Crippen MR) is 309 cm³/mol.